The SMILES string of the molecule is C.O=C(O)CNc1ccccc1C(=O)O. The molecule has 0 amide bonds. The zero-order valence-electron chi connectivity index (χ0n) is 7.23. The molecule has 82 valence electrons. The minimum atomic E-state index is -1.08. The number of aromatic carboxylic acids is 1. The van der Waals surface area contributed by atoms with Gasteiger partial charge in [0.05, 0.1) is 5.56 Å². The second-order valence-corrected chi connectivity index (χ2v) is 2.60. The van der Waals surface area contributed by atoms with Gasteiger partial charge in [0.15, 0.2) is 0 Å². The fourth-order valence-electron chi connectivity index (χ4n) is 0.995. The molecule has 0 heterocycles. The molecule has 0 bridgehead atoms. The van der Waals surface area contributed by atoms with Crippen LogP contribution in [0.4, 0.5) is 5.69 Å². The van der Waals surface area contributed by atoms with E-state index in [0.717, 1.165) is 0 Å². The number of carboxylic acids is 2. The molecular formula is C10H13NO4. The van der Waals surface area contributed by atoms with Crippen LogP contribution in [0.15, 0.2) is 24.3 Å². The summed E-state index contributed by atoms with van der Waals surface area (Å²) in [5, 5.41) is 19.7. The van der Waals surface area contributed by atoms with Crippen molar-refractivity contribution in [1.82, 2.24) is 0 Å². The van der Waals surface area contributed by atoms with E-state index in [1.165, 1.54) is 12.1 Å². The normalized spacial score (nSPS) is 8.80. The average Bonchev–Trinajstić information content (AvgIpc) is 2.15. The summed E-state index contributed by atoms with van der Waals surface area (Å²) < 4.78 is 0. The lowest BCUT2D eigenvalue weighted by Gasteiger charge is -2.06. The third kappa shape index (κ3) is 3.68. The number of carbonyl (C=O) groups is 2. The van der Waals surface area contributed by atoms with Gasteiger partial charge >= 0.3 is 11.9 Å². The summed E-state index contributed by atoms with van der Waals surface area (Å²) in [4.78, 5) is 20.9. The van der Waals surface area contributed by atoms with E-state index in [-0.39, 0.29) is 19.5 Å². The minimum Gasteiger partial charge on any atom is -0.480 e. The van der Waals surface area contributed by atoms with Gasteiger partial charge in [0.1, 0.15) is 6.54 Å². The molecule has 0 spiro atoms. The first kappa shape index (κ1) is 13.0. The zero-order chi connectivity index (χ0) is 10.6. The van der Waals surface area contributed by atoms with E-state index >= 15 is 0 Å². The van der Waals surface area contributed by atoms with Gasteiger partial charge in [0.25, 0.3) is 0 Å². The standard InChI is InChI=1S/C9H9NO4.CH4/c11-8(12)5-10-7-4-2-1-3-6(7)9(13)14;/h1-4,10H,5H2,(H,11,12)(H,13,14);1H4. The van der Waals surface area contributed by atoms with E-state index in [2.05, 4.69) is 5.32 Å². The maximum atomic E-state index is 10.7. The van der Waals surface area contributed by atoms with Crippen LogP contribution in [0.3, 0.4) is 0 Å². The highest BCUT2D eigenvalue weighted by atomic mass is 16.4. The molecule has 0 fully saturated rings. The van der Waals surface area contributed by atoms with E-state index in [0.29, 0.717) is 5.69 Å². The van der Waals surface area contributed by atoms with E-state index in [9.17, 15) is 9.59 Å². The summed E-state index contributed by atoms with van der Waals surface area (Å²) >= 11 is 0. The lowest BCUT2D eigenvalue weighted by Crippen LogP contribution is -2.14. The molecule has 5 heteroatoms. The van der Waals surface area contributed by atoms with Gasteiger partial charge in [-0.3, -0.25) is 4.79 Å². The third-order valence-electron chi connectivity index (χ3n) is 1.59. The molecule has 0 aromatic heterocycles. The Morgan fingerprint density at radius 2 is 1.80 bits per heavy atom. The molecule has 0 aliphatic heterocycles. The molecule has 1 rings (SSSR count). The van der Waals surface area contributed by atoms with Crippen molar-refractivity contribution in [3.63, 3.8) is 0 Å². The second kappa shape index (κ2) is 5.64. The number of hydrogen-bond donors (Lipinski definition) is 3. The molecule has 1 aromatic carbocycles. The van der Waals surface area contributed by atoms with Gasteiger partial charge in [-0.05, 0) is 12.1 Å². The maximum Gasteiger partial charge on any atom is 0.337 e. The molecule has 1 aromatic rings. The van der Waals surface area contributed by atoms with Crippen molar-refractivity contribution >= 4 is 17.6 Å². The lowest BCUT2D eigenvalue weighted by molar-refractivity contribution is -0.134. The first-order chi connectivity index (χ1) is 6.61. The lowest BCUT2D eigenvalue weighted by atomic mass is 10.2. The molecule has 15 heavy (non-hydrogen) atoms. The van der Waals surface area contributed by atoms with Crippen molar-refractivity contribution in [1.29, 1.82) is 0 Å². The van der Waals surface area contributed by atoms with Crippen LogP contribution in [0.25, 0.3) is 0 Å². The van der Waals surface area contributed by atoms with E-state index in [4.69, 9.17) is 10.2 Å². The van der Waals surface area contributed by atoms with Crippen LogP contribution in [-0.2, 0) is 4.79 Å². The Morgan fingerprint density at radius 1 is 1.20 bits per heavy atom. The third-order valence-corrected chi connectivity index (χ3v) is 1.59. The Balaban J connectivity index is 0.00000196. The number of nitrogens with one attached hydrogen (secondary N) is 1. The molecule has 0 atom stereocenters. The molecule has 0 saturated heterocycles. The molecule has 5 nitrogen and oxygen atoms in total. The number of anilines is 1. The topological polar surface area (TPSA) is 86.6 Å². The Morgan fingerprint density at radius 3 is 2.33 bits per heavy atom. The predicted molar refractivity (Wildman–Crippen MR) is 56.3 cm³/mol. The van der Waals surface area contributed by atoms with Gasteiger partial charge in [-0.2, -0.15) is 0 Å². The largest absolute Gasteiger partial charge is 0.480 e. The van der Waals surface area contributed by atoms with Crippen LogP contribution in [0.5, 0.6) is 0 Å². The maximum absolute atomic E-state index is 10.7. The first-order valence-corrected chi connectivity index (χ1v) is 3.89. The predicted octanol–water partition coefficient (Wildman–Crippen LogP) is 1.52. The fraction of sp³-hybridized carbons (Fsp3) is 0.200. The van der Waals surface area contributed by atoms with Gasteiger partial charge < -0.3 is 15.5 Å². The second-order valence-electron chi connectivity index (χ2n) is 2.60. The number of para-hydroxylation sites is 1. The van der Waals surface area contributed by atoms with Gasteiger partial charge in [0, 0.05) is 5.69 Å². The van der Waals surface area contributed by atoms with Crippen LogP contribution in [0, 0.1) is 0 Å². The summed E-state index contributed by atoms with van der Waals surface area (Å²) in [5.41, 5.74) is 0.371. The highest BCUT2D eigenvalue weighted by Crippen LogP contribution is 2.13. The minimum absolute atomic E-state index is 0. The van der Waals surface area contributed by atoms with Gasteiger partial charge in [-0.1, -0.05) is 19.6 Å². The summed E-state index contributed by atoms with van der Waals surface area (Å²) in [6.45, 7) is -0.301. The Labute approximate surface area is 87.4 Å². The molecule has 0 aliphatic carbocycles. The fourth-order valence-corrected chi connectivity index (χ4v) is 0.995. The highest BCUT2D eigenvalue weighted by Gasteiger charge is 2.08. The van der Waals surface area contributed by atoms with E-state index in [1.54, 1.807) is 12.1 Å². The summed E-state index contributed by atoms with van der Waals surface area (Å²) in [5.74, 6) is -2.12. The van der Waals surface area contributed by atoms with Crippen molar-refractivity contribution in [2.45, 2.75) is 7.43 Å². The quantitative estimate of drug-likeness (QED) is 0.702. The molecular weight excluding hydrogens is 198 g/mol. The van der Waals surface area contributed by atoms with E-state index in [1.807, 2.05) is 0 Å². The van der Waals surface area contributed by atoms with Gasteiger partial charge in [-0.25, -0.2) is 4.79 Å². The first-order valence-electron chi connectivity index (χ1n) is 3.89. The van der Waals surface area contributed by atoms with Crippen LogP contribution in [0.2, 0.25) is 0 Å². The molecule has 0 unspecified atom stereocenters. The highest BCUT2D eigenvalue weighted by molar-refractivity contribution is 5.94. The van der Waals surface area contributed by atoms with E-state index < -0.39 is 11.9 Å². The smallest absolute Gasteiger partial charge is 0.337 e. The summed E-state index contributed by atoms with van der Waals surface area (Å²) in [7, 11) is 0. The molecule has 0 aliphatic rings. The van der Waals surface area contributed by atoms with Crippen LogP contribution < -0.4 is 5.32 Å². The Bertz CT molecular complexity index is 362. The summed E-state index contributed by atoms with van der Waals surface area (Å²) in [6, 6.07) is 6.14. The average molecular weight is 211 g/mol. The monoisotopic (exact) mass is 211 g/mol. The van der Waals surface area contributed by atoms with Crippen molar-refractivity contribution in [2.24, 2.45) is 0 Å². The zero-order valence-corrected chi connectivity index (χ0v) is 7.23. The Kier molecular flexibility index (Phi) is 4.87. The van der Waals surface area contributed by atoms with Crippen LogP contribution in [0.1, 0.15) is 17.8 Å². The number of hydrogen-bond acceptors (Lipinski definition) is 3. The van der Waals surface area contributed by atoms with Crippen molar-refractivity contribution in [2.75, 3.05) is 11.9 Å². The Hall–Kier alpha value is -2.04. The van der Waals surface area contributed by atoms with Gasteiger partial charge in [-0.15, -0.1) is 0 Å². The number of aliphatic carboxylic acids is 1. The summed E-state index contributed by atoms with van der Waals surface area (Å²) in [6.07, 6.45) is 0. The van der Waals surface area contributed by atoms with Crippen molar-refractivity contribution < 1.29 is 19.8 Å². The van der Waals surface area contributed by atoms with Gasteiger partial charge in [0.2, 0.25) is 0 Å². The number of carboxylic acid groups (broad SMARTS) is 2. The molecule has 3 N–H and O–H groups in total. The van der Waals surface area contributed by atoms with Crippen LogP contribution >= 0.6 is 0 Å². The van der Waals surface area contributed by atoms with Crippen molar-refractivity contribution in [3.05, 3.63) is 29.8 Å². The number of rotatable bonds is 4. The van der Waals surface area contributed by atoms with Crippen LogP contribution in [-0.4, -0.2) is 28.7 Å². The number of benzene rings is 1. The van der Waals surface area contributed by atoms with Crippen molar-refractivity contribution in [3.8, 4) is 0 Å². The molecule has 0 radical (unpaired) electrons. The molecule has 0 saturated carbocycles.